The number of hydrogen-bond acceptors (Lipinski definition) is 3. The maximum absolute atomic E-state index is 11.1. The molecule has 0 spiro atoms. The van der Waals surface area contributed by atoms with Crippen molar-refractivity contribution in [3.8, 4) is 0 Å². The molecule has 0 heterocycles. The van der Waals surface area contributed by atoms with E-state index in [1.807, 2.05) is 0 Å². The van der Waals surface area contributed by atoms with Gasteiger partial charge in [-0.15, -0.1) is 0 Å². The fourth-order valence-corrected chi connectivity index (χ4v) is 1.07. The van der Waals surface area contributed by atoms with Gasteiger partial charge in [-0.3, -0.25) is 0 Å². The Kier molecular flexibility index (Phi) is 3.41. The summed E-state index contributed by atoms with van der Waals surface area (Å²) >= 11 is 4.66. The van der Waals surface area contributed by atoms with Crippen LogP contribution in [0, 0.1) is 0 Å². The van der Waals surface area contributed by atoms with Crippen LogP contribution in [0.2, 0.25) is 0 Å². The Morgan fingerprint density at radius 2 is 2.00 bits per heavy atom. The molecule has 0 aromatic heterocycles. The average molecular weight is 210 g/mol. The van der Waals surface area contributed by atoms with Gasteiger partial charge in [0.2, 0.25) is 0 Å². The Hall–Kier alpha value is -1.62. The first-order valence-corrected chi connectivity index (χ1v) is 4.29. The van der Waals surface area contributed by atoms with Crippen molar-refractivity contribution < 1.29 is 9.53 Å². The Morgan fingerprint density at radius 3 is 2.43 bits per heavy atom. The van der Waals surface area contributed by atoms with Gasteiger partial charge < -0.3 is 15.8 Å². The summed E-state index contributed by atoms with van der Waals surface area (Å²) in [4.78, 5) is 11.1. The molecule has 0 atom stereocenters. The molecule has 3 N–H and O–H groups in total. The third kappa shape index (κ3) is 2.70. The van der Waals surface area contributed by atoms with E-state index in [1.54, 1.807) is 24.3 Å². The van der Waals surface area contributed by atoms with E-state index >= 15 is 0 Å². The molecule has 1 aromatic carbocycles. The Balaban J connectivity index is 2.78. The number of benzene rings is 1. The number of methoxy groups -OCH3 is 1. The standard InChI is InChI=1S/C9H10N2O2S/c1-13-8(12)6-2-4-7(5-3-6)11-9(10)14/h2-5H,1H3,(H3,10,11,14). The summed E-state index contributed by atoms with van der Waals surface area (Å²) < 4.78 is 4.55. The van der Waals surface area contributed by atoms with Crippen LogP contribution in [0.15, 0.2) is 24.3 Å². The first-order chi connectivity index (χ1) is 6.63. The molecular formula is C9H10N2O2S. The van der Waals surface area contributed by atoms with Gasteiger partial charge in [0.1, 0.15) is 0 Å². The third-order valence-corrected chi connectivity index (χ3v) is 1.68. The summed E-state index contributed by atoms with van der Waals surface area (Å²) in [5.41, 5.74) is 6.51. The molecule has 0 radical (unpaired) electrons. The third-order valence-electron chi connectivity index (χ3n) is 1.57. The molecule has 1 rings (SSSR count). The molecule has 0 aliphatic carbocycles. The van der Waals surface area contributed by atoms with Crippen LogP contribution in [0.25, 0.3) is 0 Å². The zero-order valence-electron chi connectivity index (χ0n) is 7.61. The van der Waals surface area contributed by atoms with Crippen LogP contribution >= 0.6 is 12.2 Å². The van der Waals surface area contributed by atoms with E-state index in [-0.39, 0.29) is 11.1 Å². The van der Waals surface area contributed by atoms with Gasteiger partial charge in [0.05, 0.1) is 12.7 Å². The molecule has 0 aliphatic rings. The molecule has 5 heteroatoms. The first-order valence-electron chi connectivity index (χ1n) is 3.88. The molecule has 0 aliphatic heterocycles. The SMILES string of the molecule is COC(=O)c1ccc(NC(N)=S)cc1. The van der Waals surface area contributed by atoms with E-state index < -0.39 is 0 Å². The van der Waals surface area contributed by atoms with Crippen LogP contribution in [0.1, 0.15) is 10.4 Å². The summed E-state index contributed by atoms with van der Waals surface area (Å²) in [5, 5.41) is 2.94. The van der Waals surface area contributed by atoms with Crippen molar-refractivity contribution in [1.82, 2.24) is 0 Å². The van der Waals surface area contributed by atoms with E-state index in [0.717, 1.165) is 5.69 Å². The second-order valence-electron chi connectivity index (χ2n) is 2.56. The topological polar surface area (TPSA) is 64.3 Å². The number of nitrogens with one attached hydrogen (secondary N) is 1. The summed E-state index contributed by atoms with van der Waals surface area (Å²) in [6.45, 7) is 0. The second kappa shape index (κ2) is 4.57. The molecule has 74 valence electrons. The summed E-state index contributed by atoms with van der Waals surface area (Å²) in [6.07, 6.45) is 0. The van der Waals surface area contributed by atoms with Gasteiger partial charge >= 0.3 is 5.97 Å². The van der Waals surface area contributed by atoms with Crippen LogP contribution < -0.4 is 11.1 Å². The van der Waals surface area contributed by atoms with Crippen LogP contribution in [0.4, 0.5) is 5.69 Å². The van der Waals surface area contributed by atoms with Gasteiger partial charge in [-0.1, -0.05) is 0 Å². The number of thiocarbonyl (C=S) groups is 1. The molecule has 0 bridgehead atoms. The number of carbonyl (C=O) groups excluding carboxylic acids is 1. The highest BCUT2D eigenvalue weighted by atomic mass is 32.1. The Morgan fingerprint density at radius 1 is 1.43 bits per heavy atom. The van der Waals surface area contributed by atoms with Crippen molar-refractivity contribution >= 4 is 29.0 Å². The van der Waals surface area contributed by atoms with Gasteiger partial charge in [-0.05, 0) is 36.5 Å². The summed E-state index contributed by atoms with van der Waals surface area (Å²) in [5.74, 6) is -0.369. The quantitative estimate of drug-likeness (QED) is 0.566. The number of nitrogens with two attached hydrogens (primary N) is 1. The monoisotopic (exact) mass is 210 g/mol. The highest BCUT2D eigenvalue weighted by Crippen LogP contribution is 2.09. The van der Waals surface area contributed by atoms with E-state index in [9.17, 15) is 4.79 Å². The molecular weight excluding hydrogens is 200 g/mol. The van der Waals surface area contributed by atoms with Gasteiger partial charge in [-0.25, -0.2) is 4.79 Å². The van der Waals surface area contributed by atoms with E-state index in [2.05, 4.69) is 22.3 Å². The molecule has 14 heavy (non-hydrogen) atoms. The number of ether oxygens (including phenoxy) is 1. The minimum Gasteiger partial charge on any atom is -0.465 e. The predicted molar refractivity (Wildman–Crippen MR) is 58.2 cm³/mol. The second-order valence-corrected chi connectivity index (χ2v) is 3.00. The van der Waals surface area contributed by atoms with Gasteiger partial charge in [0.15, 0.2) is 5.11 Å². The van der Waals surface area contributed by atoms with Crippen molar-refractivity contribution in [3.05, 3.63) is 29.8 Å². The number of esters is 1. The van der Waals surface area contributed by atoms with Crippen molar-refractivity contribution in [3.63, 3.8) is 0 Å². The zero-order chi connectivity index (χ0) is 10.6. The fourth-order valence-electron chi connectivity index (χ4n) is 0.950. The van der Waals surface area contributed by atoms with Crippen molar-refractivity contribution in [2.45, 2.75) is 0 Å². The molecule has 4 nitrogen and oxygen atoms in total. The Labute approximate surface area is 87.0 Å². The molecule has 0 fully saturated rings. The van der Waals surface area contributed by atoms with Gasteiger partial charge in [0.25, 0.3) is 0 Å². The van der Waals surface area contributed by atoms with Crippen LogP contribution in [0.5, 0.6) is 0 Å². The lowest BCUT2D eigenvalue weighted by Crippen LogP contribution is -2.18. The lowest BCUT2D eigenvalue weighted by molar-refractivity contribution is 0.0601. The van der Waals surface area contributed by atoms with Crippen molar-refractivity contribution in [2.24, 2.45) is 5.73 Å². The number of hydrogen-bond donors (Lipinski definition) is 2. The van der Waals surface area contributed by atoms with Crippen LogP contribution in [0.3, 0.4) is 0 Å². The number of rotatable bonds is 2. The predicted octanol–water partition coefficient (Wildman–Crippen LogP) is 1.13. The van der Waals surface area contributed by atoms with Crippen LogP contribution in [-0.4, -0.2) is 18.2 Å². The molecule has 1 aromatic rings. The molecule has 0 saturated heterocycles. The van der Waals surface area contributed by atoms with E-state index in [1.165, 1.54) is 7.11 Å². The molecule has 0 saturated carbocycles. The largest absolute Gasteiger partial charge is 0.465 e. The fraction of sp³-hybridized carbons (Fsp3) is 0.111. The number of anilines is 1. The minimum atomic E-state index is -0.369. The van der Waals surface area contributed by atoms with E-state index in [4.69, 9.17) is 5.73 Å². The summed E-state index contributed by atoms with van der Waals surface area (Å²) in [6, 6.07) is 6.66. The smallest absolute Gasteiger partial charge is 0.337 e. The minimum absolute atomic E-state index is 0.191. The lowest BCUT2D eigenvalue weighted by Gasteiger charge is -2.04. The molecule has 0 unspecified atom stereocenters. The van der Waals surface area contributed by atoms with Crippen LogP contribution in [-0.2, 0) is 4.74 Å². The van der Waals surface area contributed by atoms with Crippen molar-refractivity contribution in [2.75, 3.05) is 12.4 Å². The maximum Gasteiger partial charge on any atom is 0.337 e. The Bertz CT molecular complexity index is 348. The zero-order valence-corrected chi connectivity index (χ0v) is 8.43. The van der Waals surface area contributed by atoms with Gasteiger partial charge in [-0.2, -0.15) is 0 Å². The highest BCUT2D eigenvalue weighted by Gasteiger charge is 2.03. The normalized spacial score (nSPS) is 9.21. The lowest BCUT2D eigenvalue weighted by atomic mass is 10.2. The first kappa shape index (κ1) is 10.5. The number of carbonyl (C=O) groups is 1. The van der Waals surface area contributed by atoms with E-state index in [0.29, 0.717) is 5.56 Å². The molecule has 0 amide bonds. The average Bonchev–Trinajstić information content (AvgIpc) is 2.17. The van der Waals surface area contributed by atoms with Gasteiger partial charge in [0, 0.05) is 5.69 Å². The highest BCUT2D eigenvalue weighted by molar-refractivity contribution is 7.80. The maximum atomic E-state index is 11.1. The van der Waals surface area contributed by atoms with Crippen molar-refractivity contribution in [1.29, 1.82) is 0 Å². The summed E-state index contributed by atoms with van der Waals surface area (Å²) in [7, 11) is 1.34.